The van der Waals surface area contributed by atoms with Gasteiger partial charge in [-0.15, -0.1) is 11.6 Å². The second-order valence-electron chi connectivity index (χ2n) is 4.34. The van der Waals surface area contributed by atoms with E-state index in [0.29, 0.717) is 17.0 Å². The Balaban J connectivity index is 2.43. The molecule has 1 aromatic carbocycles. The predicted molar refractivity (Wildman–Crippen MR) is 78.1 cm³/mol. The van der Waals surface area contributed by atoms with Crippen LogP contribution in [0.25, 0.3) is 16.9 Å². The van der Waals surface area contributed by atoms with Crippen molar-refractivity contribution in [1.82, 2.24) is 14.5 Å². The molecule has 3 rings (SSSR count). The second-order valence-corrected chi connectivity index (χ2v) is 5.40. The van der Waals surface area contributed by atoms with Crippen LogP contribution in [0.5, 0.6) is 0 Å². The number of pyridine rings is 1. The van der Waals surface area contributed by atoms with E-state index in [2.05, 4.69) is 9.97 Å². The largest absolute Gasteiger partial charge is 0.275 e. The SMILES string of the molecule is CC(Cl)c1nc2cccnc2n1-c1c(F)cccc1Cl. The van der Waals surface area contributed by atoms with Crippen LogP contribution in [0.2, 0.25) is 5.02 Å². The summed E-state index contributed by atoms with van der Waals surface area (Å²) in [5.74, 6) is 0.0633. The zero-order valence-corrected chi connectivity index (χ0v) is 12.0. The van der Waals surface area contributed by atoms with Crippen molar-refractivity contribution in [1.29, 1.82) is 0 Å². The number of imidazole rings is 1. The summed E-state index contributed by atoms with van der Waals surface area (Å²) < 4.78 is 15.8. The molecule has 20 heavy (non-hydrogen) atoms. The molecule has 3 nitrogen and oxygen atoms in total. The summed E-state index contributed by atoms with van der Waals surface area (Å²) >= 11 is 12.3. The van der Waals surface area contributed by atoms with Crippen LogP contribution in [-0.4, -0.2) is 14.5 Å². The zero-order chi connectivity index (χ0) is 14.3. The molecule has 2 heterocycles. The first-order chi connectivity index (χ1) is 9.59. The van der Waals surface area contributed by atoms with E-state index in [1.807, 2.05) is 0 Å². The number of halogens is 3. The quantitative estimate of drug-likeness (QED) is 0.652. The van der Waals surface area contributed by atoms with E-state index < -0.39 is 11.2 Å². The Bertz CT molecular complexity index is 763. The average Bonchev–Trinajstić information content (AvgIpc) is 2.78. The minimum absolute atomic E-state index is 0.220. The van der Waals surface area contributed by atoms with Crippen LogP contribution in [0, 0.1) is 5.82 Å². The summed E-state index contributed by atoms with van der Waals surface area (Å²) in [5, 5.41) is -0.117. The number of alkyl halides is 1. The van der Waals surface area contributed by atoms with E-state index in [4.69, 9.17) is 23.2 Å². The summed E-state index contributed by atoms with van der Waals surface area (Å²) in [5.41, 5.74) is 1.40. The van der Waals surface area contributed by atoms with Gasteiger partial charge in [-0.2, -0.15) is 0 Å². The molecule has 0 radical (unpaired) electrons. The third-order valence-corrected chi connectivity index (χ3v) is 3.46. The third kappa shape index (κ3) is 2.05. The van der Waals surface area contributed by atoms with Crippen LogP contribution in [-0.2, 0) is 0 Å². The van der Waals surface area contributed by atoms with Crippen LogP contribution >= 0.6 is 23.2 Å². The number of hydrogen-bond donors (Lipinski definition) is 0. The number of fused-ring (bicyclic) bond motifs is 1. The predicted octanol–water partition coefficient (Wildman–Crippen LogP) is 4.51. The first-order valence-corrected chi connectivity index (χ1v) is 6.83. The van der Waals surface area contributed by atoms with Crippen molar-refractivity contribution in [2.45, 2.75) is 12.3 Å². The van der Waals surface area contributed by atoms with Gasteiger partial charge in [0.05, 0.1) is 10.4 Å². The van der Waals surface area contributed by atoms with E-state index in [9.17, 15) is 4.39 Å². The minimum Gasteiger partial charge on any atom is -0.275 e. The van der Waals surface area contributed by atoms with Crippen LogP contribution in [0.3, 0.4) is 0 Å². The summed E-state index contributed by atoms with van der Waals surface area (Å²) in [6.07, 6.45) is 1.62. The molecule has 6 heteroatoms. The van der Waals surface area contributed by atoms with Gasteiger partial charge in [-0.1, -0.05) is 17.7 Å². The minimum atomic E-state index is -0.444. The van der Waals surface area contributed by atoms with Crippen molar-refractivity contribution in [3.8, 4) is 5.69 Å². The summed E-state index contributed by atoms with van der Waals surface area (Å²) in [6, 6.07) is 8.09. The number of rotatable bonds is 2. The zero-order valence-electron chi connectivity index (χ0n) is 10.5. The monoisotopic (exact) mass is 309 g/mol. The first-order valence-electron chi connectivity index (χ1n) is 6.01. The first kappa shape index (κ1) is 13.3. The second kappa shape index (κ2) is 5.04. The van der Waals surface area contributed by atoms with Gasteiger partial charge in [0.15, 0.2) is 5.65 Å². The standard InChI is InChI=1S/C14H10Cl2FN3/c1-8(15)13-19-11-6-3-7-18-14(11)20(13)12-9(16)4-2-5-10(12)17/h2-8H,1H3. The molecule has 0 aliphatic rings. The molecule has 102 valence electrons. The van der Waals surface area contributed by atoms with Crippen molar-refractivity contribution < 1.29 is 4.39 Å². The highest BCUT2D eigenvalue weighted by molar-refractivity contribution is 6.32. The number of hydrogen-bond acceptors (Lipinski definition) is 2. The van der Waals surface area contributed by atoms with Crippen LogP contribution < -0.4 is 0 Å². The van der Waals surface area contributed by atoms with Crippen molar-refractivity contribution in [2.24, 2.45) is 0 Å². The molecule has 0 saturated heterocycles. The van der Waals surface area contributed by atoms with Gasteiger partial charge in [0.2, 0.25) is 0 Å². The van der Waals surface area contributed by atoms with Crippen LogP contribution in [0.1, 0.15) is 18.1 Å². The van der Waals surface area contributed by atoms with Gasteiger partial charge in [-0.3, -0.25) is 4.57 Å². The lowest BCUT2D eigenvalue weighted by Crippen LogP contribution is -2.05. The highest BCUT2D eigenvalue weighted by atomic mass is 35.5. The molecule has 0 amide bonds. The molecule has 0 N–H and O–H groups in total. The van der Waals surface area contributed by atoms with E-state index in [1.165, 1.54) is 6.07 Å². The highest BCUT2D eigenvalue weighted by Gasteiger charge is 2.21. The normalized spacial score (nSPS) is 12.8. The Labute approximate surface area is 125 Å². The van der Waals surface area contributed by atoms with Crippen LogP contribution in [0.4, 0.5) is 4.39 Å². The number of benzene rings is 1. The van der Waals surface area contributed by atoms with Crippen molar-refractivity contribution in [3.63, 3.8) is 0 Å². The van der Waals surface area contributed by atoms with Crippen molar-refractivity contribution >= 4 is 34.4 Å². The maximum Gasteiger partial charge on any atom is 0.164 e. The van der Waals surface area contributed by atoms with Gasteiger partial charge in [0, 0.05) is 6.20 Å². The number of para-hydroxylation sites is 1. The smallest absolute Gasteiger partial charge is 0.164 e. The molecule has 2 aromatic heterocycles. The van der Waals surface area contributed by atoms with Crippen molar-refractivity contribution in [2.75, 3.05) is 0 Å². The van der Waals surface area contributed by atoms with Crippen molar-refractivity contribution in [3.05, 3.63) is 53.2 Å². The average molecular weight is 310 g/mol. The molecule has 0 bridgehead atoms. The Hall–Kier alpha value is -1.65. The Morgan fingerprint density at radius 2 is 2.05 bits per heavy atom. The van der Waals surface area contributed by atoms with Gasteiger partial charge in [0.25, 0.3) is 0 Å². The fourth-order valence-corrected chi connectivity index (χ4v) is 2.51. The molecule has 0 aliphatic heterocycles. The highest BCUT2D eigenvalue weighted by Crippen LogP contribution is 2.31. The molecule has 0 fully saturated rings. The molecular weight excluding hydrogens is 300 g/mol. The number of nitrogens with zero attached hydrogens (tertiary/aromatic N) is 3. The fraction of sp³-hybridized carbons (Fsp3) is 0.143. The lowest BCUT2D eigenvalue weighted by molar-refractivity contribution is 0.616. The summed E-state index contributed by atoms with van der Waals surface area (Å²) in [6.45, 7) is 1.77. The third-order valence-electron chi connectivity index (χ3n) is 2.96. The maximum atomic E-state index is 14.2. The van der Waals surface area contributed by atoms with E-state index in [1.54, 1.807) is 42.0 Å². The lowest BCUT2D eigenvalue weighted by atomic mass is 10.3. The van der Waals surface area contributed by atoms with Gasteiger partial charge >= 0.3 is 0 Å². The summed E-state index contributed by atoms with van der Waals surface area (Å²) in [4.78, 5) is 8.67. The summed E-state index contributed by atoms with van der Waals surface area (Å²) in [7, 11) is 0. The molecule has 3 aromatic rings. The Morgan fingerprint density at radius 1 is 1.25 bits per heavy atom. The van der Waals surface area contributed by atoms with Gasteiger partial charge < -0.3 is 0 Å². The van der Waals surface area contributed by atoms with E-state index >= 15 is 0 Å². The maximum absolute atomic E-state index is 14.2. The Morgan fingerprint density at radius 3 is 2.75 bits per heavy atom. The fourth-order valence-electron chi connectivity index (χ4n) is 2.12. The molecule has 0 aliphatic carbocycles. The Kier molecular flexibility index (Phi) is 3.36. The van der Waals surface area contributed by atoms with Gasteiger partial charge in [0.1, 0.15) is 22.8 Å². The van der Waals surface area contributed by atoms with E-state index in [0.717, 1.165) is 0 Å². The topological polar surface area (TPSA) is 30.7 Å². The van der Waals surface area contributed by atoms with Gasteiger partial charge in [-0.05, 0) is 31.2 Å². The lowest BCUT2D eigenvalue weighted by Gasteiger charge is -2.12. The molecule has 0 spiro atoms. The van der Waals surface area contributed by atoms with Crippen LogP contribution in [0.15, 0.2) is 36.5 Å². The number of aromatic nitrogens is 3. The molecule has 1 atom stereocenters. The molecule has 1 unspecified atom stereocenters. The molecule has 0 saturated carbocycles. The molecular formula is C14H10Cl2FN3. The van der Waals surface area contributed by atoms with E-state index in [-0.39, 0.29) is 10.7 Å². The van der Waals surface area contributed by atoms with Gasteiger partial charge in [-0.25, -0.2) is 14.4 Å².